The monoisotopic (exact) mass is 183 g/mol. The van der Waals surface area contributed by atoms with E-state index in [4.69, 9.17) is 0 Å². The first-order valence-electron chi connectivity index (χ1n) is 4.81. The lowest BCUT2D eigenvalue weighted by molar-refractivity contribution is 0.227. The molecule has 0 atom stereocenters. The molecule has 0 unspecified atom stereocenters. The Morgan fingerprint density at radius 1 is 1.15 bits per heavy atom. The SMILES string of the molecule is CC(C)(C)C1=NNCN1C(C)(C)C. The van der Waals surface area contributed by atoms with E-state index in [1.165, 1.54) is 0 Å². The summed E-state index contributed by atoms with van der Waals surface area (Å²) in [7, 11) is 0. The van der Waals surface area contributed by atoms with Gasteiger partial charge < -0.3 is 4.90 Å². The van der Waals surface area contributed by atoms with E-state index in [0.717, 1.165) is 12.5 Å². The lowest BCUT2D eigenvalue weighted by Crippen LogP contribution is -2.48. The Hall–Kier alpha value is -0.730. The van der Waals surface area contributed by atoms with Crippen LogP contribution in [0.5, 0.6) is 0 Å². The molecule has 0 fully saturated rings. The predicted molar refractivity (Wildman–Crippen MR) is 56.5 cm³/mol. The van der Waals surface area contributed by atoms with Crippen molar-refractivity contribution in [2.45, 2.75) is 47.1 Å². The molecule has 0 amide bonds. The number of nitrogens with one attached hydrogen (secondary N) is 1. The molecule has 0 aromatic heterocycles. The van der Waals surface area contributed by atoms with Crippen LogP contribution < -0.4 is 5.43 Å². The molecule has 3 heteroatoms. The largest absolute Gasteiger partial charge is 0.334 e. The Labute approximate surface area is 81.2 Å². The summed E-state index contributed by atoms with van der Waals surface area (Å²) in [5, 5.41) is 4.35. The molecule has 0 saturated carbocycles. The van der Waals surface area contributed by atoms with Gasteiger partial charge in [0.1, 0.15) is 12.5 Å². The second kappa shape index (κ2) is 2.89. The van der Waals surface area contributed by atoms with Crippen molar-refractivity contribution < 1.29 is 0 Å². The molecule has 0 spiro atoms. The first-order valence-corrected chi connectivity index (χ1v) is 4.81. The van der Waals surface area contributed by atoms with Crippen molar-refractivity contribution in [1.82, 2.24) is 10.3 Å². The molecule has 13 heavy (non-hydrogen) atoms. The van der Waals surface area contributed by atoms with Crippen molar-refractivity contribution in [3.05, 3.63) is 0 Å². The van der Waals surface area contributed by atoms with E-state index in [-0.39, 0.29) is 11.0 Å². The van der Waals surface area contributed by atoms with Crippen molar-refractivity contribution >= 4 is 5.84 Å². The maximum atomic E-state index is 4.35. The average molecular weight is 183 g/mol. The molecule has 0 saturated heterocycles. The molecule has 0 aliphatic carbocycles. The van der Waals surface area contributed by atoms with E-state index in [9.17, 15) is 0 Å². The van der Waals surface area contributed by atoms with Crippen LogP contribution in [0, 0.1) is 5.41 Å². The summed E-state index contributed by atoms with van der Waals surface area (Å²) in [5.74, 6) is 1.15. The summed E-state index contributed by atoms with van der Waals surface area (Å²) in [5.41, 5.74) is 3.32. The van der Waals surface area contributed by atoms with Crippen LogP contribution >= 0.6 is 0 Å². The number of amidine groups is 1. The minimum atomic E-state index is 0.122. The molecule has 76 valence electrons. The van der Waals surface area contributed by atoms with Crippen LogP contribution in [-0.4, -0.2) is 22.9 Å². The van der Waals surface area contributed by atoms with Crippen LogP contribution in [0.2, 0.25) is 0 Å². The van der Waals surface area contributed by atoms with Gasteiger partial charge >= 0.3 is 0 Å². The minimum absolute atomic E-state index is 0.122. The first-order chi connectivity index (χ1) is 5.73. The lowest BCUT2D eigenvalue weighted by Gasteiger charge is -2.37. The summed E-state index contributed by atoms with van der Waals surface area (Å²) >= 11 is 0. The molecule has 1 N–H and O–H groups in total. The Morgan fingerprint density at radius 2 is 1.69 bits per heavy atom. The third-order valence-corrected chi connectivity index (χ3v) is 2.15. The fourth-order valence-electron chi connectivity index (χ4n) is 1.44. The van der Waals surface area contributed by atoms with Crippen LogP contribution in [0.25, 0.3) is 0 Å². The highest BCUT2D eigenvalue weighted by molar-refractivity contribution is 5.88. The second-order valence-electron chi connectivity index (χ2n) is 5.60. The highest BCUT2D eigenvalue weighted by Gasteiger charge is 2.34. The van der Waals surface area contributed by atoms with Crippen LogP contribution in [0.1, 0.15) is 41.5 Å². The lowest BCUT2D eigenvalue weighted by atomic mass is 9.92. The summed E-state index contributed by atoms with van der Waals surface area (Å²) in [6.07, 6.45) is 0. The smallest absolute Gasteiger partial charge is 0.132 e. The maximum absolute atomic E-state index is 4.35. The van der Waals surface area contributed by atoms with Crippen molar-refractivity contribution in [3.63, 3.8) is 0 Å². The van der Waals surface area contributed by atoms with E-state index in [1.54, 1.807) is 0 Å². The topological polar surface area (TPSA) is 27.6 Å². The van der Waals surface area contributed by atoms with Crippen LogP contribution in [0.15, 0.2) is 5.10 Å². The third-order valence-electron chi connectivity index (χ3n) is 2.15. The molecule has 1 rings (SSSR count). The molecule has 1 aliphatic rings. The molecule has 0 aromatic carbocycles. The number of hydrogen-bond acceptors (Lipinski definition) is 3. The summed E-state index contributed by atoms with van der Waals surface area (Å²) in [6, 6.07) is 0. The van der Waals surface area contributed by atoms with Crippen molar-refractivity contribution in [3.8, 4) is 0 Å². The Balaban J connectivity index is 2.87. The molecular formula is C10H21N3. The molecule has 0 radical (unpaired) electrons. The van der Waals surface area contributed by atoms with Crippen molar-refractivity contribution in [2.75, 3.05) is 6.67 Å². The zero-order chi connectivity index (χ0) is 10.3. The number of rotatable bonds is 0. The molecule has 0 bridgehead atoms. The van der Waals surface area contributed by atoms with Crippen LogP contribution in [0.4, 0.5) is 0 Å². The van der Waals surface area contributed by atoms with E-state index >= 15 is 0 Å². The Kier molecular flexibility index (Phi) is 2.30. The van der Waals surface area contributed by atoms with Gasteiger partial charge in [-0.25, -0.2) is 0 Å². The van der Waals surface area contributed by atoms with Crippen LogP contribution in [-0.2, 0) is 0 Å². The van der Waals surface area contributed by atoms with Gasteiger partial charge in [0, 0.05) is 11.0 Å². The first kappa shape index (κ1) is 10.4. The van der Waals surface area contributed by atoms with Gasteiger partial charge in [0.2, 0.25) is 0 Å². The normalized spacial score (nSPS) is 18.6. The Bertz CT molecular complexity index is 217. The Morgan fingerprint density at radius 3 is 2.00 bits per heavy atom. The zero-order valence-corrected chi connectivity index (χ0v) is 9.60. The minimum Gasteiger partial charge on any atom is -0.334 e. The van der Waals surface area contributed by atoms with Crippen molar-refractivity contribution in [2.24, 2.45) is 10.5 Å². The van der Waals surface area contributed by atoms with Gasteiger partial charge in [-0.1, -0.05) is 20.8 Å². The fraction of sp³-hybridized carbons (Fsp3) is 0.900. The van der Waals surface area contributed by atoms with Gasteiger partial charge in [0.15, 0.2) is 0 Å². The van der Waals surface area contributed by atoms with E-state index in [1.807, 2.05) is 0 Å². The molecular weight excluding hydrogens is 162 g/mol. The van der Waals surface area contributed by atoms with Gasteiger partial charge in [-0.3, -0.25) is 5.43 Å². The summed E-state index contributed by atoms with van der Waals surface area (Å²) < 4.78 is 0. The van der Waals surface area contributed by atoms with Crippen molar-refractivity contribution in [1.29, 1.82) is 0 Å². The molecule has 0 aromatic rings. The number of hydrogen-bond donors (Lipinski definition) is 1. The highest BCUT2D eigenvalue weighted by atomic mass is 15.5. The van der Waals surface area contributed by atoms with Gasteiger partial charge in [0.05, 0.1) is 0 Å². The standard InChI is InChI=1S/C10H21N3/c1-9(2,3)8-12-11-7-13(8)10(4,5)6/h11H,7H2,1-6H3. The van der Waals surface area contributed by atoms with E-state index < -0.39 is 0 Å². The third kappa shape index (κ3) is 2.14. The van der Waals surface area contributed by atoms with Gasteiger partial charge in [-0.15, -0.1) is 0 Å². The van der Waals surface area contributed by atoms with E-state index in [0.29, 0.717) is 0 Å². The fourth-order valence-corrected chi connectivity index (χ4v) is 1.44. The maximum Gasteiger partial charge on any atom is 0.132 e. The van der Waals surface area contributed by atoms with Gasteiger partial charge in [-0.05, 0) is 20.8 Å². The zero-order valence-electron chi connectivity index (χ0n) is 9.60. The highest BCUT2D eigenvalue weighted by Crippen LogP contribution is 2.26. The second-order valence-corrected chi connectivity index (χ2v) is 5.60. The quantitative estimate of drug-likeness (QED) is 0.622. The molecule has 1 heterocycles. The van der Waals surface area contributed by atoms with Gasteiger partial charge in [0.25, 0.3) is 0 Å². The summed E-state index contributed by atoms with van der Waals surface area (Å²) in [4.78, 5) is 2.31. The molecule has 3 nitrogen and oxygen atoms in total. The molecule has 1 aliphatic heterocycles. The average Bonchev–Trinajstić information content (AvgIpc) is 2.27. The summed E-state index contributed by atoms with van der Waals surface area (Å²) in [6.45, 7) is 14.0. The number of nitrogens with zero attached hydrogens (tertiary/aromatic N) is 2. The van der Waals surface area contributed by atoms with Gasteiger partial charge in [-0.2, -0.15) is 5.10 Å². The van der Waals surface area contributed by atoms with E-state index in [2.05, 4.69) is 57.0 Å². The number of hydrazone groups is 1. The van der Waals surface area contributed by atoms with Crippen LogP contribution in [0.3, 0.4) is 0 Å². The predicted octanol–water partition coefficient (Wildman–Crippen LogP) is 2.01.